The van der Waals surface area contributed by atoms with E-state index < -0.39 is 5.82 Å². The Morgan fingerprint density at radius 3 is 2.88 bits per heavy atom. The van der Waals surface area contributed by atoms with Gasteiger partial charge in [-0.15, -0.1) is 0 Å². The highest BCUT2D eigenvalue weighted by Crippen LogP contribution is 2.26. The van der Waals surface area contributed by atoms with Gasteiger partial charge in [0.05, 0.1) is 17.0 Å². The van der Waals surface area contributed by atoms with Crippen LogP contribution in [0, 0.1) is 5.82 Å². The van der Waals surface area contributed by atoms with E-state index in [0.717, 1.165) is 23.4 Å². The molecule has 0 radical (unpaired) electrons. The molecule has 0 amide bonds. The van der Waals surface area contributed by atoms with Crippen LogP contribution in [0.15, 0.2) is 24.5 Å². The number of hydrogen-bond donors (Lipinski definition) is 1. The number of rotatable bonds is 3. The SMILES string of the molecule is Cn1cnc(-c2ccc(F)c(Cl)c2)c1CCN. The highest BCUT2D eigenvalue weighted by Gasteiger charge is 2.11. The molecule has 0 fully saturated rings. The molecule has 90 valence electrons. The minimum Gasteiger partial charge on any atom is -0.337 e. The van der Waals surface area contributed by atoms with Gasteiger partial charge in [0.2, 0.25) is 0 Å². The number of aromatic nitrogens is 2. The second kappa shape index (κ2) is 4.85. The molecule has 0 aliphatic rings. The minimum absolute atomic E-state index is 0.104. The fourth-order valence-corrected chi connectivity index (χ4v) is 1.95. The Bertz CT molecular complexity index is 537. The van der Waals surface area contributed by atoms with Gasteiger partial charge >= 0.3 is 0 Å². The van der Waals surface area contributed by atoms with E-state index in [0.29, 0.717) is 6.54 Å². The summed E-state index contributed by atoms with van der Waals surface area (Å²) in [5.74, 6) is -0.424. The second-order valence-corrected chi connectivity index (χ2v) is 4.23. The molecule has 1 heterocycles. The number of halogens is 2. The van der Waals surface area contributed by atoms with E-state index in [1.165, 1.54) is 6.07 Å². The van der Waals surface area contributed by atoms with Crippen molar-refractivity contribution in [2.24, 2.45) is 12.8 Å². The fraction of sp³-hybridized carbons (Fsp3) is 0.250. The van der Waals surface area contributed by atoms with Crippen molar-refractivity contribution in [1.82, 2.24) is 9.55 Å². The van der Waals surface area contributed by atoms with E-state index >= 15 is 0 Å². The van der Waals surface area contributed by atoms with E-state index in [2.05, 4.69) is 4.98 Å². The molecule has 0 unspecified atom stereocenters. The van der Waals surface area contributed by atoms with Crippen LogP contribution in [0.4, 0.5) is 4.39 Å². The summed E-state index contributed by atoms with van der Waals surface area (Å²) in [5, 5.41) is 0.104. The summed E-state index contributed by atoms with van der Waals surface area (Å²) >= 11 is 5.77. The Balaban J connectivity index is 2.48. The Labute approximate surface area is 104 Å². The van der Waals surface area contributed by atoms with Crippen LogP contribution in [0.25, 0.3) is 11.3 Å². The van der Waals surface area contributed by atoms with Crippen molar-refractivity contribution in [3.63, 3.8) is 0 Å². The number of hydrogen-bond acceptors (Lipinski definition) is 2. The molecule has 1 aromatic carbocycles. The second-order valence-electron chi connectivity index (χ2n) is 3.82. The molecule has 2 N–H and O–H groups in total. The zero-order valence-corrected chi connectivity index (χ0v) is 10.2. The van der Waals surface area contributed by atoms with E-state index in [1.807, 2.05) is 11.6 Å². The highest BCUT2D eigenvalue weighted by atomic mass is 35.5. The van der Waals surface area contributed by atoms with Crippen LogP contribution in [-0.2, 0) is 13.5 Å². The van der Waals surface area contributed by atoms with Crippen molar-refractivity contribution >= 4 is 11.6 Å². The van der Waals surface area contributed by atoms with Crippen LogP contribution < -0.4 is 5.73 Å². The van der Waals surface area contributed by atoms with Crippen LogP contribution in [0.3, 0.4) is 0 Å². The number of benzene rings is 1. The standard InChI is InChI=1S/C12H13ClFN3/c1-17-7-16-12(11(17)4-5-15)8-2-3-10(14)9(13)6-8/h2-3,6-7H,4-5,15H2,1H3. The maximum Gasteiger partial charge on any atom is 0.141 e. The predicted octanol–water partition coefficient (Wildman–Crippen LogP) is 2.38. The largest absolute Gasteiger partial charge is 0.337 e. The normalized spacial score (nSPS) is 10.8. The molecular formula is C12H13ClFN3. The van der Waals surface area contributed by atoms with Gasteiger partial charge in [-0.1, -0.05) is 11.6 Å². The molecule has 17 heavy (non-hydrogen) atoms. The third-order valence-electron chi connectivity index (χ3n) is 2.63. The molecule has 0 aliphatic heterocycles. The van der Waals surface area contributed by atoms with E-state index in [4.69, 9.17) is 17.3 Å². The summed E-state index contributed by atoms with van der Waals surface area (Å²) < 4.78 is 15.0. The Morgan fingerprint density at radius 1 is 1.47 bits per heavy atom. The van der Waals surface area contributed by atoms with E-state index in [-0.39, 0.29) is 5.02 Å². The molecule has 0 saturated carbocycles. The van der Waals surface area contributed by atoms with Gasteiger partial charge in [0.1, 0.15) is 5.82 Å². The lowest BCUT2D eigenvalue weighted by molar-refractivity contribution is 0.628. The third kappa shape index (κ3) is 2.33. The van der Waals surface area contributed by atoms with Gasteiger partial charge < -0.3 is 10.3 Å². The first-order chi connectivity index (χ1) is 8.13. The first-order valence-electron chi connectivity index (χ1n) is 5.29. The fourth-order valence-electron chi connectivity index (χ4n) is 1.77. The van der Waals surface area contributed by atoms with Crippen molar-refractivity contribution in [3.05, 3.63) is 41.1 Å². The van der Waals surface area contributed by atoms with E-state index in [9.17, 15) is 4.39 Å². The Morgan fingerprint density at radius 2 is 2.24 bits per heavy atom. The van der Waals surface area contributed by atoms with Gasteiger partial charge in [-0.2, -0.15) is 0 Å². The summed E-state index contributed by atoms with van der Waals surface area (Å²) in [6.45, 7) is 0.543. The smallest absolute Gasteiger partial charge is 0.141 e. The van der Waals surface area contributed by atoms with Crippen molar-refractivity contribution in [3.8, 4) is 11.3 Å². The molecular weight excluding hydrogens is 241 g/mol. The van der Waals surface area contributed by atoms with Crippen molar-refractivity contribution in [2.75, 3.05) is 6.54 Å². The van der Waals surface area contributed by atoms with Gasteiger partial charge in [-0.25, -0.2) is 9.37 Å². The Kier molecular flexibility index (Phi) is 3.45. The lowest BCUT2D eigenvalue weighted by Gasteiger charge is -2.05. The maximum absolute atomic E-state index is 13.1. The van der Waals surface area contributed by atoms with Gasteiger partial charge in [0.15, 0.2) is 0 Å². The summed E-state index contributed by atoms with van der Waals surface area (Å²) in [6, 6.07) is 4.60. The lowest BCUT2D eigenvalue weighted by Crippen LogP contribution is -2.07. The lowest BCUT2D eigenvalue weighted by atomic mass is 10.1. The van der Waals surface area contributed by atoms with Crippen LogP contribution in [0.2, 0.25) is 5.02 Å². The Hall–Kier alpha value is -1.39. The number of aryl methyl sites for hydroxylation is 1. The van der Waals surface area contributed by atoms with Crippen LogP contribution in [-0.4, -0.2) is 16.1 Å². The minimum atomic E-state index is -0.424. The summed E-state index contributed by atoms with van der Waals surface area (Å²) in [6.07, 6.45) is 2.44. The highest BCUT2D eigenvalue weighted by molar-refractivity contribution is 6.31. The van der Waals surface area contributed by atoms with Crippen LogP contribution in [0.5, 0.6) is 0 Å². The van der Waals surface area contributed by atoms with Gasteiger partial charge in [0, 0.05) is 24.7 Å². The number of nitrogens with two attached hydrogens (primary N) is 1. The predicted molar refractivity (Wildman–Crippen MR) is 66.4 cm³/mol. The molecule has 3 nitrogen and oxygen atoms in total. The van der Waals surface area contributed by atoms with Crippen LogP contribution >= 0.6 is 11.6 Å². The zero-order valence-electron chi connectivity index (χ0n) is 9.45. The average Bonchev–Trinajstić information content (AvgIpc) is 2.66. The quantitative estimate of drug-likeness (QED) is 0.913. The zero-order chi connectivity index (χ0) is 12.4. The van der Waals surface area contributed by atoms with Gasteiger partial charge in [-0.05, 0) is 24.7 Å². The van der Waals surface area contributed by atoms with Crippen LogP contribution in [0.1, 0.15) is 5.69 Å². The first-order valence-corrected chi connectivity index (χ1v) is 5.67. The summed E-state index contributed by atoms with van der Waals surface area (Å²) in [5.41, 5.74) is 8.20. The van der Waals surface area contributed by atoms with Crippen molar-refractivity contribution < 1.29 is 4.39 Å². The summed E-state index contributed by atoms with van der Waals surface area (Å²) in [7, 11) is 1.91. The molecule has 5 heteroatoms. The first kappa shape index (κ1) is 12.1. The molecule has 1 aromatic heterocycles. The van der Waals surface area contributed by atoms with Gasteiger partial charge in [0.25, 0.3) is 0 Å². The molecule has 0 bridgehead atoms. The van der Waals surface area contributed by atoms with Gasteiger partial charge in [-0.3, -0.25) is 0 Å². The topological polar surface area (TPSA) is 43.8 Å². The third-order valence-corrected chi connectivity index (χ3v) is 2.92. The number of nitrogens with zero attached hydrogens (tertiary/aromatic N) is 2. The molecule has 2 aromatic rings. The molecule has 0 aliphatic carbocycles. The van der Waals surface area contributed by atoms with Crippen molar-refractivity contribution in [2.45, 2.75) is 6.42 Å². The molecule has 0 atom stereocenters. The number of imidazole rings is 1. The molecule has 2 rings (SSSR count). The molecule has 0 spiro atoms. The monoisotopic (exact) mass is 253 g/mol. The average molecular weight is 254 g/mol. The maximum atomic E-state index is 13.1. The molecule has 0 saturated heterocycles. The van der Waals surface area contributed by atoms with Crippen molar-refractivity contribution in [1.29, 1.82) is 0 Å². The van der Waals surface area contributed by atoms with E-state index in [1.54, 1.807) is 18.5 Å². The summed E-state index contributed by atoms with van der Waals surface area (Å²) in [4.78, 5) is 4.30.